The number of nitrogens with one attached hydrogen (secondary N) is 1. The summed E-state index contributed by atoms with van der Waals surface area (Å²) in [7, 11) is -3.66. The highest BCUT2D eigenvalue weighted by atomic mass is 35.5. The molecule has 1 aliphatic heterocycles. The summed E-state index contributed by atoms with van der Waals surface area (Å²) in [5.74, 6) is 0.845. The Bertz CT molecular complexity index is 846. The smallest absolute Gasteiger partial charge is 0.261 e. The van der Waals surface area contributed by atoms with Crippen LogP contribution in [0.25, 0.3) is 0 Å². The zero-order chi connectivity index (χ0) is 18.6. The van der Waals surface area contributed by atoms with E-state index in [0.29, 0.717) is 10.7 Å². The molecule has 1 saturated heterocycles. The zero-order valence-electron chi connectivity index (χ0n) is 14.3. The van der Waals surface area contributed by atoms with E-state index < -0.39 is 10.0 Å². The van der Waals surface area contributed by atoms with Crippen molar-refractivity contribution in [3.8, 4) is 0 Å². The summed E-state index contributed by atoms with van der Waals surface area (Å²) in [6.07, 6.45) is 3.45. The average molecular weight is 393 g/mol. The van der Waals surface area contributed by atoms with Crippen LogP contribution in [0.15, 0.2) is 60.1 Å². The van der Waals surface area contributed by atoms with E-state index in [1.54, 1.807) is 24.4 Å². The maximum Gasteiger partial charge on any atom is 0.261 e. The lowest BCUT2D eigenvalue weighted by atomic mass is 10.3. The van der Waals surface area contributed by atoms with Crippen molar-refractivity contribution in [3.63, 3.8) is 0 Å². The summed E-state index contributed by atoms with van der Waals surface area (Å²) < 4.78 is 27.3. The molecule has 3 rings (SSSR count). The van der Waals surface area contributed by atoms with Crippen LogP contribution in [-0.2, 0) is 10.0 Å². The third-order valence-electron chi connectivity index (χ3n) is 4.21. The van der Waals surface area contributed by atoms with Gasteiger partial charge in [-0.1, -0.05) is 17.7 Å². The molecular formula is C18H21ClN4O2S. The van der Waals surface area contributed by atoms with Crippen LogP contribution in [0.1, 0.15) is 0 Å². The summed E-state index contributed by atoms with van der Waals surface area (Å²) in [4.78, 5) is 9.08. The van der Waals surface area contributed by atoms with E-state index in [-0.39, 0.29) is 4.90 Å². The Labute approximate surface area is 159 Å². The normalized spacial score (nSPS) is 15.7. The van der Waals surface area contributed by atoms with Crippen LogP contribution in [0, 0.1) is 0 Å². The number of pyridine rings is 1. The van der Waals surface area contributed by atoms with E-state index in [1.807, 2.05) is 12.1 Å². The number of sulfonamides is 1. The fraction of sp³-hybridized carbons (Fsp3) is 0.278. The predicted octanol–water partition coefficient (Wildman–Crippen LogP) is 2.84. The van der Waals surface area contributed by atoms with Gasteiger partial charge in [0.05, 0.1) is 16.8 Å². The van der Waals surface area contributed by atoms with Crippen LogP contribution in [-0.4, -0.2) is 51.0 Å². The largest absolute Gasteiger partial charge is 0.354 e. The van der Waals surface area contributed by atoms with E-state index in [0.717, 1.165) is 38.5 Å². The SMILES string of the molecule is C=CCN1CCN(c2ccc(NS(=O)(=O)c3ccc(Cl)cc3)cn2)CC1. The van der Waals surface area contributed by atoms with Gasteiger partial charge < -0.3 is 4.90 Å². The minimum absolute atomic E-state index is 0.157. The molecule has 1 aliphatic rings. The van der Waals surface area contributed by atoms with Gasteiger partial charge in [0.15, 0.2) is 0 Å². The molecule has 1 fully saturated rings. The molecule has 138 valence electrons. The third-order valence-corrected chi connectivity index (χ3v) is 5.86. The molecule has 1 aromatic heterocycles. The minimum atomic E-state index is -3.66. The van der Waals surface area contributed by atoms with Crippen molar-refractivity contribution < 1.29 is 8.42 Å². The van der Waals surface area contributed by atoms with Crippen LogP contribution < -0.4 is 9.62 Å². The van der Waals surface area contributed by atoms with Crippen molar-refractivity contribution in [2.75, 3.05) is 42.3 Å². The number of nitrogens with zero attached hydrogens (tertiary/aromatic N) is 3. The zero-order valence-corrected chi connectivity index (χ0v) is 15.9. The molecule has 0 saturated carbocycles. The second-order valence-electron chi connectivity index (χ2n) is 6.04. The Morgan fingerprint density at radius 1 is 1.12 bits per heavy atom. The van der Waals surface area contributed by atoms with E-state index in [9.17, 15) is 8.42 Å². The molecule has 1 aromatic carbocycles. The quantitative estimate of drug-likeness (QED) is 0.766. The van der Waals surface area contributed by atoms with E-state index in [4.69, 9.17) is 11.6 Å². The molecule has 1 N–H and O–H groups in total. The van der Waals surface area contributed by atoms with Gasteiger partial charge in [-0.05, 0) is 36.4 Å². The molecule has 0 spiro atoms. The van der Waals surface area contributed by atoms with Crippen molar-refractivity contribution in [2.45, 2.75) is 4.90 Å². The fourth-order valence-corrected chi connectivity index (χ4v) is 3.97. The van der Waals surface area contributed by atoms with E-state index >= 15 is 0 Å². The Kier molecular flexibility index (Phi) is 5.80. The van der Waals surface area contributed by atoms with E-state index in [2.05, 4.69) is 26.1 Å². The van der Waals surface area contributed by atoms with Gasteiger partial charge >= 0.3 is 0 Å². The van der Waals surface area contributed by atoms with Gasteiger partial charge in [0.25, 0.3) is 10.0 Å². The molecule has 0 bridgehead atoms. The average Bonchev–Trinajstić information content (AvgIpc) is 2.63. The van der Waals surface area contributed by atoms with Crippen LogP contribution in [0.5, 0.6) is 0 Å². The Morgan fingerprint density at radius 2 is 1.81 bits per heavy atom. The number of aromatic nitrogens is 1. The van der Waals surface area contributed by atoms with Gasteiger partial charge in [0.2, 0.25) is 0 Å². The van der Waals surface area contributed by atoms with Crippen molar-refractivity contribution in [3.05, 3.63) is 60.3 Å². The first-order chi connectivity index (χ1) is 12.5. The summed E-state index contributed by atoms with van der Waals surface area (Å²) in [6.45, 7) is 8.35. The summed E-state index contributed by atoms with van der Waals surface area (Å²) in [5, 5.41) is 0.489. The van der Waals surface area contributed by atoms with Gasteiger partial charge in [0.1, 0.15) is 5.82 Å². The maximum atomic E-state index is 12.4. The molecule has 0 aliphatic carbocycles. The third kappa shape index (κ3) is 4.55. The second-order valence-corrected chi connectivity index (χ2v) is 8.16. The number of rotatable bonds is 6. The maximum absolute atomic E-state index is 12.4. The molecule has 0 unspecified atom stereocenters. The van der Waals surface area contributed by atoms with Crippen molar-refractivity contribution >= 4 is 33.1 Å². The van der Waals surface area contributed by atoms with Crippen molar-refractivity contribution in [2.24, 2.45) is 0 Å². The molecular weight excluding hydrogens is 372 g/mol. The molecule has 2 heterocycles. The van der Waals surface area contributed by atoms with Crippen LogP contribution in [0.3, 0.4) is 0 Å². The number of hydrogen-bond acceptors (Lipinski definition) is 5. The fourth-order valence-electron chi connectivity index (χ4n) is 2.80. The first kappa shape index (κ1) is 18.7. The highest BCUT2D eigenvalue weighted by molar-refractivity contribution is 7.92. The van der Waals surface area contributed by atoms with Crippen LogP contribution in [0.4, 0.5) is 11.5 Å². The molecule has 0 radical (unpaired) electrons. The Balaban J connectivity index is 1.64. The van der Waals surface area contributed by atoms with Crippen molar-refractivity contribution in [1.29, 1.82) is 0 Å². The first-order valence-corrected chi connectivity index (χ1v) is 10.2. The lowest BCUT2D eigenvalue weighted by Crippen LogP contribution is -2.46. The number of benzene rings is 1. The van der Waals surface area contributed by atoms with Crippen molar-refractivity contribution in [1.82, 2.24) is 9.88 Å². The van der Waals surface area contributed by atoms with Gasteiger partial charge in [0, 0.05) is 37.7 Å². The number of halogens is 1. The topological polar surface area (TPSA) is 65.5 Å². The standard InChI is InChI=1S/C18H21ClN4O2S/c1-2-9-22-10-12-23(13-11-22)18-8-5-16(14-20-18)21-26(24,25)17-6-3-15(19)4-7-17/h2-8,14,21H,1,9-13H2. The Hall–Kier alpha value is -2.09. The van der Waals surface area contributed by atoms with E-state index in [1.165, 1.54) is 12.1 Å². The second kappa shape index (κ2) is 8.07. The highest BCUT2D eigenvalue weighted by Crippen LogP contribution is 2.20. The predicted molar refractivity (Wildman–Crippen MR) is 105 cm³/mol. The highest BCUT2D eigenvalue weighted by Gasteiger charge is 2.18. The lowest BCUT2D eigenvalue weighted by molar-refractivity contribution is 0.283. The van der Waals surface area contributed by atoms with Gasteiger partial charge in [-0.15, -0.1) is 6.58 Å². The van der Waals surface area contributed by atoms with Gasteiger partial charge in [-0.3, -0.25) is 9.62 Å². The first-order valence-electron chi connectivity index (χ1n) is 8.30. The molecule has 2 aromatic rings. The minimum Gasteiger partial charge on any atom is -0.354 e. The monoisotopic (exact) mass is 392 g/mol. The molecule has 0 amide bonds. The molecule has 26 heavy (non-hydrogen) atoms. The number of anilines is 2. The number of hydrogen-bond donors (Lipinski definition) is 1. The van der Waals surface area contributed by atoms with Crippen LogP contribution in [0.2, 0.25) is 5.02 Å². The van der Waals surface area contributed by atoms with Crippen LogP contribution >= 0.6 is 11.6 Å². The summed E-state index contributed by atoms with van der Waals surface area (Å²) >= 11 is 5.80. The number of piperazine rings is 1. The summed E-state index contributed by atoms with van der Waals surface area (Å²) in [5.41, 5.74) is 0.425. The summed E-state index contributed by atoms with van der Waals surface area (Å²) in [6, 6.07) is 9.59. The lowest BCUT2D eigenvalue weighted by Gasteiger charge is -2.34. The molecule has 0 atom stereocenters. The molecule has 8 heteroatoms. The Morgan fingerprint density at radius 3 is 2.38 bits per heavy atom. The molecule has 6 nitrogen and oxygen atoms in total. The van der Waals surface area contributed by atoms with Gasteiger partial charge in [-0.2, -0.15) is 0 Å². The van der Waals surface area contributed by atoms with Gasteiger partial charge in [-0.25, -0.2) is 13.4 Å².